The number of rotatable bonds is 5. The van der Waals surface area contributed by atoms with Crippen molar-refractivity contribution in [2.75, 3.05) is 7.11 Å². The summed E-state index contributed by atoms with van der Waals surface area (Å²) in [6.07, 6.45) is -0.325. The summed E-state index contributed by atoms with van der Waals surface area (Å²) in [4.78, 5) is 36.8. The van der Waals surface area contributed by atoms with Crippen molar-refractivity contribution in [1.82, 2.24) is 10.6 Å². The fraction of sp³-hybridized carbons (Fsp3) is 0.312. The number of ether oxygens (including phenoxy) is 1. The topological polar surface area (TPSA) is 108 Å². The first-order chi connectivity index (χ1) is 11.4. The van der Waals surface area contributed by atoms with Gasteiger partial charge in [0.25, 0.3) is 0 Å². The molecule has 0 radical (unpaired) electrons. The average Bonchev–Trinajstić information content (AvgIpc) is 2.54. The van der Waals surface area contributed by atoms with Crippen LogP contribution in [-0.4, -0.2) is 35.4 Å². The summed E-state index contributed by atoms with van der Waals surface area (Å²) in [7, 11) is 1.12. The van der Waals surface area contributed by atoms with Crippen LogP contribution in [-0.2, 0) is 25.5 Å². The molecule has 0 aliphatic carbocycles. The number of carbonyl (C=O) groups excluding carboxylic acids is 3. The Kier molecular flexibility index (Phi) is 5.26. The van der Waals surface area contributed by atoms with Crippen molar-refractivity contribution in [3.63, 3.8) is 0 Å². The summed E-state index contributed by atoms with van der Waals surface area (Å²) in [5.41, 5.74) is -1.06. The molecule has 1 aliphatic heterocycles. The minimum Gasteiger partial charge on any atom is -0.467 e. The Hall–Kier alpha value is -2.79. The number of thiocarbonyl (C=S) groups is 1. The molecule has 8 heteroatoms. The normalized spacial score (nSPS) is 22.8. The smallest absolute Gasteiger partial charge is 0.333 e. The van der Waals surface area contributed by atoms with E-state index in [4.69, 9.17) is 17.0 Å². The third kappa shape index (κ3) is 3.41. The summed E-state index contributed by atoms with van der Waals surface area (Å²) in [5.74, 6) is -3.37. The maximum Gasteiger partial charge on any atom is 0.333 e. The molecule has 124 valence electrons. The van der Waals surface area contributed by atoms with Gasteiger partial charge in [-0.15, -0.1) is 0 Å². The van der Waals surface area contributed by atoms with E-state index in [1.165, 1.54) is 0 Å². The number of ketones is 1. The first kappa shape index (κ1) is 17.6. The zero-order valence-electron chi connectivity index (χ0n) is 12.9. The number of hydrogen-bond acceptors (Lipinski definition) is 6. The molecule has 24 heavy (non-hydrogen) atoms. The molecule has 1 aromatic rings. The van der Waals surface area contributed by atoms with Crippen molar-refractivity contribution in [3.05, 3.63) is 35.9 Å². The Labute approximate surface area is 144 Å². The Balaban J connectivity index is 2.32. The Morgan fingerprint density at radius 1 is 1.38 bits per heavy atom. The van der Waals surface area contributed by atoms with Gasteiger partial charge in [0.2, 0.25) is 5.91 Å². The van der Waals surface area contributed by atoms with E-state index in [-0.39, 0.29) is 23.7 Å². The van der Waals surface area contributed by atoms with Gasteiger partial charge in [-0.3, -0.25) is 9.59 Å². The molecule has 1 heterocycles. The highest BCUT2D eigenvalue weighted by Crippen LogP contribution is 2.27. The molecule has 2 rings (SSSR count). The highest BCUT2D eigenvalue weighted by Gasteiger charge is 2.55. The zero-order chi connectivity index (χ0) is 17.7. The SMILES string of the molecule is COC(=O)[C@]1(CC(=O)Cc2ccccc2)NC(=S)NC(=O)[C@@H]1C#N. The lowest BCUT2D eigenvalue weighted by molar-refractivity contribution is -0.154. The van der Waals surface area contributed by atoms with Gasteiger partial charge < -0.3 is 15.4 Å². The van der Waals surface area contributed by atoms with Crippen molar-refractivity contribution >= 4 is 35.0 Å². The molecule has 1 aromatic carbocycles. The van der Waals surface area contributed by atoms with Crippen molar-refractivity contribution in [2.24, 2.45) is 5.92 Å². The molecule has 0 aromatic heterocycles. The quantitative estimate of drug-likeness (QED) is 0.581. The number of hydrogen-bond donors (Lipinski definition) is 2. The van der Waals surface area contributed by atoms with E-state index in [0.29, 0.717) is 0 Å². The Morgan fingerprint density at radius 3 is 2.62 bits per heavy atom. The van der Waals surface area contributed by atoms with Crippen LogP contribution in [0.4, 0.5) is 0 Å². The van der Waals surface area contributed by atoms with Crippen LogP contribution in [0.15, 0.2) is 30.3 Å². The van der Waals surface area contributed by atoms with Gasteiger partial charge >= 0.3 is 5.97 Å². The number of carbonyl (C=O) groups is 3. The largest absolute Gasteiger partial charge is 0.467 e. The molecule has 0 spiro atoms. The Morgan fingerprint density at radius 2 is 2.04 bits per heavy atom. The highest BCUT2D eigenvalue weighted by atomic mass is 32.1. The van der Waals surface area contributed by atoms with Gasteiger partial charge in [0.1, 0.15) is 5.78 Å². The lowest BCUT2D eigenvalue weighted by Crippen LogP contribution is -2.70. The number of esters is 1. The molecule has 0 unspecified atom stereocenters. The molecule has 0 saturated carbocycles. The number of benzene rings is 1. The van der Waals surface area contributed by atoms with Crippen LogP contribution in [0, 0.1) is 17.2 Å². The van der Waals surface area contributed by atoms with Gasteiger partial charge in [-0.1, -0.05) is 30.3 Å². The summed E-state index contributed by atoms with van der Waals surface area (Å²) >= 11 is 4.91. The van der Waals surface area contributed by atoms with E-state index in [2.05, 4.69) is 10.6 Å². The van der Waals surface area contributed by atoms with Crippen molar-refractivity contribution in [3.8, 4) is 6.07 Å². The lowest BCUT2D eigenvalue weighted by atomic mass is 9.78. The highest BCUT2D eigenvalue weighted by molar-refractivity contribution is 7.80. The first-order valence-corrected chi connectivity index (χ1v) is 7.50. The maximum absolute atomic E-state index is 12.4. The molecular weight excluding hydrogens is 330 g/mol. The van der Waals surface area contributed by atoms with E-state index in [9.17, 15) is 19.6 Å². The summed E-state index contributed by atoms with van der Waals surface area (Å²) < 4.78 is 4.73. The van der Waals surface area contributed by atoms with E-state index in [1.807, 2.05) is 6.07 Å². The fourth-order valence-corrected chi connectivity index (χ4v) is 2.93. The fourth-order valence-electron chi connectivity index (χ4n) is 2.65. The third-order valence-corrected chi connectivity index (χ3v) is 3.93. The van der Waals surface area contributed by atoms with Crippen LogP contribution in [0.2, 0.25) is 0 Å². The zero-order valence-corrected chi connectivity index (χ0v) is 13.7. The monoisotopic (exact) mass is 345 g/mol. The van der Waals surface area contributed by atoms with E-state index in [0.717, 1.165) is 12.7 Å². The number of nitrogens with zero attached hydrogens (tertiary/aromatic N) is 1. The minimum absolute atomic E-state index is 0.0633. The number of amides is 1. The third-order valence-electron chi connectivity index (χ3n) is 3.73. The number of nitrogens with one attached hydrogen (secondary N) is 2. The van der Waals surface area contributed by atoms with E-state index < -0.39 is 23.3 Å². The van der Waals surface area contributed by atoms with Crippen LogP contribution in [0.5, 0.6) is 0 Å². The van der Waals surface area contributed by atoms with E-state index in [1.54, 1.807) is 30.3 Å². The molecule has 2 N–H and O–H groups in total. The number of Topliss-reactive ketones (excluding diaryl/α,β-unsaturated/α-hetero) is 1. The predicted octanol–water partition coefficient (Wildman–Crippen LogP) is 0.244. The standard InChI is InChI=1S/C16H15N3O4S/c1-23-14(22)16(12(9-17)13(21)18-15(24)19-16)8-11(20)7-10-5-3-2-4-6-10/h2-6,12H,7-8H2,1H3,(H2,18,19,21,24)/t12-,16+/m0/s1. The molecular formula is C16H15N3O4S. The first-order valence-electron chi connectivity index (χ1n) is 7.09. The summed E-state index contributed by atoms with van der Waals surface area (Å²) in [5, 5.41) is 14.1. The van der Waals surface area contributed by atoms with Gasteiger partial charge in [0, 0.05) is 12.8 Å². The van der Waals surface area contributed by atoms with Gasteiger partial charge in [-0.2, -0.15) is 5.26 Å². The van der Waals surface area contributed by atoms with E-state index >= 15 is 0 Å². The second-order valence-corrected chi connectivity index (χ2v) is 5.75. The van der Waals surface area contributed by atoms with Crippen molar-refractivity contribution < 1.29 is 19.1 Å². The Bertz CT molecular complexity index is 729. The molecule has 7 nitrogen and oxygen atoms in total. The average molecular weight is 345 g/mol. The number of methoxy groups -OCH3 is 1. The molecule has 1 saturated heterocycles. The minimum atomic E-state index is -1.82. The summed E-state index contributed by atoms with van der Waals surface area (Å²) in [6, 6.07) is 10.7. The molecule has 0 bridgehead atoms. The second-order valence-electron chi connectivity index (χ2n) is 5.35. The van der Waals surface area contributed by atoms with Crippen LogP contribution >= 0.6 is 12.2 Å². The molecule has 1 fully saturated rings. The van der Waals surface area contributed by atoms with Gasteiger partial charge in [0.15, 0.2) is 16.6 Å². The van der Waals surface area contributed by atoms with Gasteiger partial charge in [0.05, 0.1) is 13.2 Å². The van der Waals surface area contributed by atoms with Gasteiger partial charge in [-0.05, 0) is 17.8 Å². The molecule has 1 amide bonds. The van der Waals surface area contributed by atoms with Crippen LogP contribution in [0.25, 0.3) is 0 Å². The summed E-state index contributed by atoms with van der Waals surface area (Å²) in [6.45, 7) is 0. The van der Waals surface area contributed by atoms with Crippen molar-refractivity contribution in [1.29, 1.82) is 5.26 Å². The maximum atomic E-state index is 12.4. The predicted molar refractivity (Wildman–Crippen MR) is 87.5 cm³/mol. The van der Waals surface area contributed by atoms with Gasteiger partial charge in [-0.25, -0.2) is 4.79 Å². The molecule has 2 atom stereocenters. The van der Waals surface area contributed by atoms with Crippen molar-refractivity contribution in [2.45, 2.75) is 18.4 Å². The second kappa shape index (κ2) is 7.19. The van der Waals surface area contributed by atoms with Crippen LogP contribution < -0.4 is 10.6 Å². The lowest BCUT2D eigenvalue weighted by Gasteiger charge is -2.38. The number of nitriles is 1. The molecule has 1 aliphatic rings. The van der Waals surface area contributed by atoms with Crippen LogP contribution in [0.1, 0.15) is 12.0 Å². The van der Waals surface area contributed by atoms with Crippen LogP contribution in [0.3, 0.4) is 0 Å².